The van der Waals surface area contributed by atoms with E-state index in [0.29, 0.717) is 0 Å². The Morgan fingerprint density at radius 1 is 1.82 bits per heavy atom. The predicted molar refractivity (Wildman–Crippen MR) is 35.8 cm³/mol. The zero-order chi connectivity index (χ0) is 8.27. The maximum absolute atomic E-state index is 10.1. The number of carbonyl (C=O) groups is 1. The maximum atomic E-state index is 10.1. The lowest BCUT2D eigenvalue weighted by molar-refractivity contribution is -0.139. The predicted octanol–water partition coefficient (Wildman–Crippen LogP) is -0.0822. The number of aromatic nitrogens is 2. The average molecular weight is 156 g/mol. The number of hydrogen-bond donors (Lipinski definition) is 3. The Morgan fingerprint density at radius 2 is 2.55 bits per heavy atom. The number of H-pyrrole nitrogens is 1. The first-order valence-electron chi connectivity index (χ1n) is 3.09. The van der Waals surface area contributed by atoms with Crippen molar-refractivity contribution in [2.75, 3.05) is 0 Å². The van der Waals surface area contributed by atoms with E-state index in [1.54, 1.807) is 0 Å². The molecule has 11 heavy (non-hydrogen) atoms. The smallest absolute Gasteiger partial charge is 0.306 e. The van der Waals surface area contributed by atoms with Gasteiger partial charge < -0.3 is 15.2 Å². The van der Waals surface area contributed by atoms with Gasteiger partial charge in [-0.25, -0.2) is 4.98 Å². The minimum absolute atomic E-state index is 0.285. The molecule has 0 saturated heterocycles. The van der Waals surface area contributed by atoms with Crippen LogP contribution in [0.3, 0.4) is 0 Å². The van der Waals surface area contributed by atoms with Crippen molar-refractivity contribution >= 4 is 5.97 Å². The summed E-state index contributed by atoms with van der Waals surface area (Å²) in [6.45, 7) is 0. The molecule has 1 unspecified atom stereocenters. The van der Waals surface area contributed by atoms with Crippen LogP contribution < -0.4 is 0 Å². The first-order chi connectivity index (χ1) is 5.20. The van der Waals surface area contributed by atoms with E-state index >= 15 is 0 Å². The summed E-state index contributed by atoms with van der Waals surface area (Å²) in [6, 6.07) is 0. The molecule has 0 bridgehead atoms. The van der Waals surface area contributed by atoms with Gasteiger partial charge in [0.1, 0.15) is 11.9 Å². The standard InChI is InChI=1S/C6H8N2O3/c9-4(3-5(10)11)6-7-1-2-8-6/h1-2,4,9H,3H2,(H,7,8)(H,10,11). The second kappa shape index (κ2) is 3.16. The number of aliphatic carboxylic acids is 1. The average Bonchev–Trinajstić information content (AvgIpc) is 2.35. The van der Waals surface area contributed by atoms with Crippen LogP contribution in [0.25, 0.3) is 0 Å². The largest absolute Gasteiger partial charge is 0.481 e. The summed E-state index contributed by atoms with van der Waals surface area (Å²) in [6.07, 6.45) is 1.62. The third-order valence-corrected chi connectivity index (χ3v) is 1.20. The molecule has 60 valence electrons. The van der Waals surface area contributed by atoms with E-state index in [2.05, 4.69) is 9.97 Å². The van der Waals surface area contributed by atoms with Crippen molar-refractivity contribution in [3.63, 3.8) is 0 Å². The van der Waals surface area contributed by atoms with Crippen LogP contribution in [0.5, 0.6) is 0 Å². The van der Waals surface area contributed by atoms with E-state index in [9.17, 15) is 4.79 Å². The fourth-order valence-corrected chi connectivity index (χ4v) is 0.722. The molecule has 0 aromatic carbocycles. The van der Waals surface area contributed by atoms with Gasteiger partial charge in [0.2, 0.25) is 0 Å². The quantitative estimate of drug-likeness (QED) is 0.571. The van der Waals surface area contributed by atoms with Crippen LogP contribution in [0.4, 0.5) is 0 Å². The van der Waals surface area contributed by atoms with Gasteiger partial charge >= 0.3 is 5.97 Å². The number of aromatic amines is 1. The van der Waals surface area contributed by atoms with Crippen molar-refractivity contribution < 1.29 is 15.0 Å². The molecule has 0 saturated carbocycles. The van der Waals surface area contributed by atoms with E-state index in [1.165, 1.54) is 12.4 Å². The summed E-state index contributed by atoms with van der Waals surface area (Å²) in [4.78, 5) is 16.4. The number of carboxylic acids is 1. The normalized spacial score (nSPS) is 12.8. The minimum Gasteiger partial charge on any atom is -0.481 e. The Labute approximate surface area is 62.7 Å². The highest BCUT2D eigenvalue weighted by molar-refractivity contribution is 5.67. The lowest BCUT2D eigenvalue weighted by Gasteiger charge is -2.01. The van der Waals surface area contributed by atoms with Crippen LogP contribution in [0.1, 0.15) is 18.3 Å². The topological polar surface area (TPSA) is 86.2 Å². The van der Waals surface area contributed by atoms with E-state index in [1.807, 2.05) is 0 Å². The number of rotatable bonds is 3. The van der Waals surface area contributed by atoms with Gasteiger partial charge in [-0.3, -0.25) is 4.79 Å². The fourth-order valence-electron chi connectivity index (χ4n) is 0.722. The summed E-state index contributed by atoms with van der Waals surface area (Å²) in [7, 11) is 0. The number of nitrogens with zero attached hydrogens (tertiary/aromatic N) is 1. The summed E-state index contributed by atoms with van der Waals surface area (Å²) in [5.41, 5.74) is 0. The maximum Gasteiger partial charge on any atom is 0.306 e. The second-order valence-electron chi connectivity index (χ2n) is 2.09. The molecule has 1 aromatic rings. The molecule has 0 aliphatic rings. The summed E-state index contributed by atoms with van der Waals surface area (Å²) in [5, 5.41) is 17.4. The molecule has 0 aliphatic heterocycles. The Hall–Kier alpha value is -1.36. The lowest BCUT2D eigenvalue weighted by Crippen LogP contribution is -2.06. The van der Waals surface area contributed by atoms with Crippen LogP contribution in [0.15, 0.2) is 12.4 Å². The zero-order valence-corrected chi connectivity index (χ0v) is 5.69. The van der Waals surface area contributed by atoms with Crippen LogP contribution in [-0.2, 0) is 4.79 Å². The molecule has 0 radical (unpaired) electrons. The van der Waals surface area contributed by atoms with Crippen LogP contribution in [0.2, 0.25) is 0 Å². The van der Waals surface area contributed by atoms with E-state index in [-0.39, 0.29) is 12.2 Å². The van der Waals surface area contributed by atoms with Crippen molar-refractivity contribution in [1.29, 1.82) is 0 Å². The van der Waals surface area contributed by atoms with Gasteiger partial charge in [0.05, 0.1) is 6.42 Å². The molecule has 0 amide bonds. The molecular weight excluding hydrogens is 148 g/mol. The van der Waals surface area contributed by atoms with Crippen molar-refractivity contribution in [1.82, 2.24) is 9.97 Å². The number of aliphatic hydroxyl groups excluding tert-OH is 1. The lowest BCUT2D eigenvalue weighted by atomic mass is 10.2. The molecular formula is C6H8N2O3. The van der Waals surface area contributed by atoms with Crippen molar-refractivity contribution in [2.24, 2.45) is 0 Å². The third-order valence-electron chi connectivity index (χ3n) is 1.20. The molecule has 5 nitrogen and oxygen atoms in total. The highest BCUT2D eigenvalue weighted by Crippen LogP contribution is 2.10. The van der Waals surface area contributed by atoms with Gasteiger partial charge in [0.25, 0.3) is 0 Å². The van der Waals surface area contributed by atoms with Crippen molar-refractivity contribution in [3.8, 4) is 0 Å². The number of hydrogen-bond acceptors (Lipinski definition) is 3. The first kappa shape index (κ1) is 7.74. The summed E-state index contributed by atoms with van der Waals surface area (Å²) in [5.74, 6) is -0.763. The highest BCUT2D eigenvalue weighted by atomic mass is 16.4. The Balaban J connectivity index is 2.56. The van der Waals surface area contributed by atoms with E-state index in [4.69, 9.17) is 10.2 Å². The van der Waals surface area contributed by atoms with Crippen molar-refractivity contribution in [3.05, 3.63) is 18.2 Å². The molecule has 1 rings (SSSR count). The molecule has 1 heterocycles. The first-order valence-corrected chi connectivity index (χ1v) is 3.09. The highest BCUT2D eigenvalue weighted by Gasteiger charge is 2.13. The molecule has 1 atom stereocenters. The van der Waals surface area contributed by atoms with Crippen LogP contribution >= 0.6 is 0 Å². The fraction of sp³-hybridized carbons (Fsp3) is 0.333. The van der Waals surface area contributed by atoms with Gasteiger partial charge in [0, 0.05) is 12.4 Å². The van der Waals surface area contributed by atoms with Crippen LogP contribution in [0, 0.1) is 0 Å². The Morgan fingerprint density at radius 3 is 3.00 bits per heavy atom. The zero-order valence-electron chi connectivity index (χ0n) is 5.69. The number of imidazole rings is 1. The second-order valence-corrected chi connectivity index (χ2v) is 2.09. The monoisotopic (exact) mass is 156 g/mol. The molecule has 3 N–H and O–H groups in total. The molecule has 0 aliphatic carbocycles. The SMILES string of the molecule is O=C(O)CC(O)c1ncc[nH]1. The van der Waals surface area contributed by atoms with Gasteiger partial charge in [-0.1, -0.05) is 0 Å². The van der Waals surface area contributed by atoms with E-state index in [0.717, 1.165) is 0 Å². The third kappa shape index (κ3) is 2.05. The number of carboxylic acid groups (broad SMARTS) is 1. The molecule has 5 heteroatoms. The molecule has 0 spiro atoms. The number of aliphatic hydroxyl groups is 1. The molecule has 1 aromatic heterocycles. The van der Waals surface area contributed by atoms with Gasteiger partial charge in [-0.05, 0) is 0 Å². The molecule has 0 fully saturated rings. The van der Waals surface area contributed by atoms with Crippen molar-refractivity contribution in [2.45, 2.75) is 12.5 Å². The Bertz CT molecular complexity index is 232. The Kier molecular flexibility index (Phi) is 2.22. The summed E-state index contributed by atoms with van der Waals surface area (Å²) >= 11 is 0. The van der Waals surface area contributed by atoms with E-state index < -0.39 is 12.1 Å². The van der Waals surface area contributed by atoms with Gasteiger partial charge in [-0.2, -0.15) is 0 Å². The number of nitrogens with one attached hydrogen (secondary N) is 1. The van der Waals surface area contributed by atoms with Crippen LogP contribution in [-0.4, -0.2) is 26.2 Å². The minimum atomic E-state index is -1.05. The summed E-state index contributed by atoms with van der Waals surface area (Å²) < 4.78 is 0. The van der Waals surface area contributed by atoms with Gasteiger partial charge in [-0.15, -0.1) is 0 Å². The van der Waals surface area contributed by atoms with Gasteiger partial charge in [0.15, 0.2) is 0 Å².